The number of pyridine rings is 1. The van der Waals surface area contributed by atoms with Crippen molar-refractivity contribution in [2.45, 2.75) is 12.0 Å². The van der Waals surface area contributed by atoms with E-state index >= 15 is 0 Å². The summed E-state index contributed by atoms with van der Waals surface area (Å²) >= 11 is 0. The lowest BCUT2D eigenvalue weighted by Crippen LogP contribution is -2.46. The molecule has 1 atom stereocenters. The molecule has 23 heavy (non-hydrogen) atoms. The van der Waals surface area contributed by atoms with Crippen LogP contribution in [0.15, 0.2) is 42.6 Å². The Balaban J connectivity index is 1.78. The van der Waals surface area contributed by atoms with Crippen molar-refractivity contribution < 1.29 is 14.7 Å². The Morgan fingerprint density at radius 1 is 1.30 bits per heavy atom. The number of para-hydroxylation sites is 1. The van der Waals surface area contributed by atoms with Crippen molar-refractivity contribution in [2.24, 2.45) is 5.73 Å². The number of primary amides is 1. The molecule has 1 aromatic heterocycles. The van der Waals surface area contributed by atoms with Gasteiger partial charge in [0.25, 0.3) is 5.91 Å². The molecule has 3 N–H and O–H groups in total. The largest absolute Gasteiger partial charge is 0.378 e. The van der Waals surface area contributed by atoms with Crippen LogP contribution in [0.3, 0.4) is 0 Å². The molecule has 2 amide bonds. The number of nitrogens with zero attached hydrogens (tertiary/aromatic N) is 2. The van der Waals surface area contributed by atoms with E-state index in [9.17, 15) is 14.7 Å². The second kappa shape index (κ2) is 5.81. The smallest absolute Gasteiger partial charge is 0.251 e. The number of hydrogen-bond donors (Lipinski definition) is 2. The van der Waals surface area contributed by atoms with Crippen molar-refractivity contribution in [1.82, 2.24) is 9.88 Å². The number of β-amino-alcohol motifs (C(OH)–C–C–N with tert-alkyl or cyclic N) is 1. The third-order valence-corrected chi connectivity index (χ3v) is 4.11. The Bertz CT molecular complexity index is 797. The number of rotatable bonds is 3. The molecular weight excluding hydrogens is 294 g/mol. The predicted molar refractivity (Wildman–Crippen MR) is 86.1 cm³/mol. The van der Waals surface area contributed by atoms with Crippen LogP contribution in [0, 0.1) is 0 Å². The van der Waals surface area contributed by atoms with Crippen LogP contribution in [0.25, 0.3) is 17.0 Å². The number of carbonyl (C=O) groups is 2. The lowest BCUT2D eigenvalue weighted by atomic mass is 10.0. The van der Waals surface area contributed by atoms with Crippen LogP contribution in [-0.4, -0.2) is 45.5 Å². The zero-order chi connectivity index (χ0) is 16.4. The van der Waals surface area contributed by atoms with E-state index in [1.165, 1.54) is 11.0 Å². The summed E-state index contributed by atoms with van der Waals surface area (Å²) in [6.07, 6.45) is 5.01. The number of likely N-dealkylation sites (tertiary alicyclic amines) is 1. The quantitative estimate of drug-likeness (QED) is 0.815. The Morgan fingerprint density at radius 3 is 2.83 bits per heavy atom. The van der Waals surface area contributed by atoms with Gasteiger partial charge in [-0.05, 0) is 23.8 Å². The Labute approximate surface area is 133 Å². The van der Waals surface area contributed by atoms with Crippen molar-refractivity contribution in [1.29, 1.82) is 0 Å². The third-order valence-electron chi connectivity index (χ3n) is 4.11. The van der Waals surface area contributed by atoms with Gasteiger partial charge in [0, 0.05) is 30.6 Å². The topological polar surface area (TPSA) is 96.5 Å². The summed E-state index contributed by atoms with van der Waals surface area (Å²) in [6, 6.07) is 9.49. The Morgan fingerprint density at radius 2 is 2.09 bits per heavy atom. The van der Waals surface area contributed by atoms with Gasteiger partial charge >= 0.3 is 0 Å². The maximum absolute atomic E-state index is 12.2. The highest BCUT2D eigenvalue weighted by Gasteiger charge is 2.42. The molecule has 118 valence electrons. The highest BCUT2D eigenvalue weighted by atomic mass is 16.3. The van der Waals surface area contributed by atoms with Gasteiger partial charge in [0.2, 0.25) is 5.91 Å². The van der Waals surface area contributed by atoms with Gasteiger partial charge in [-0.3, -0.25) is 14.6 Å². The van der Waals surface area contributed by atoms with Crippen LogP contribution in [-0.2, 0) is 9.59 Å². The van der Waals surface area contributed by atoms with Crippen molar-refractivity contribution in [3.05, 3.63) is 48.2 Å². The van der Waals surface area contributed by atoms with E-state index in [0.29, 0.717) is 6.54 Å². The van der Waals surface area contributed by atoms with Crippen molar-refractivity contribution in [3.63, 3.8) is 0 Å². The first kappa shape index (κ1) is 15.2. The van der Waals surface area contributed by atoms with E-state index in [0.717, 1.165) is 16.5 Å². The van der Waals surface area contributed by atoms with E-state index in [-0.39, 0.29) is 18.9 Å². The molecule has 3 rings (SSSR count). The summed E-state index contributed by atoms with van der Waals surface area (Å²) < 4.78 is 0. The first-order valence-corrected chi connectivity index (χ1v) is 7.33. The SMILES string of the molecule is NC(=O)C1(O)CCN(C(=O)/C=C/c2ccnc3ccccc23)C1. The number of amides is 2. The van der Waals surface area contributed by atoms with Crippen molar-refractivity contribution >= 4 is 28.8 Å². The van der Waals surface area contributed by atoms with E-state index in [1.807, 2.05) is 30.3 Å². The standard InChI is InChI=1S/C17H17N3O3/c18-16(22)17(23)8-10-20(11-17)15(21)6-5-12-7-9-19-14-4-2-1-3-13(12)14/h1-7,9,23H,8,10-11H2,(H2,18,22)/b6-5+. The maximum atomic E-state index is 12.2. The van der Waals surface area contributed by atoms with E-state index < -0.39 is 11.5 Å². The van der Waals surface area contributed by atoms with Crippen LogP contribution < -0.4 is 5.73 Å². The van der Waals surface area contributed by atoms with Crippen LogP contribution in [0.2, 0.25) is 0 Å². The van der Waals surface area contributed by atoms with Gasteiger partial charge < -0.3 is 15.7 Å². The Kier molecular flexibility index (Phi) is 3.83. The lowest BCUT2D eigenvalue weighted by molar-refractivity contribution is -0.136. The first-order chi connectivity index (χ1) is 11.0. The van der Waals surface area contributed by atoms with Crippen LogP contribution in [0.5, 0.6) is 0 Å². The fourth-order valence-electron chi connectivity index (χ4n) is 2.71. The molecule has 1 saturated heterocycles. The molecule has 0 radical (unpaired) electrons. The summed E-state index contributed by atoms with van der Waals surface area (Å²) in [5.41, 5.74) is 5.29. The summed E-state index contributed by atoms with van der Waals surface area (Å²) in [4.78, 5) is 29.1. The molecule has 0 saturated carbocycles. The minimum atomic E-state index is -1.62. The number of fused-ring (bicyclic) bond motifs is 1. The zero-order valence-electron chi connectivity index (χ0n) is 12.5. The van der Waals surface area contributed by atoms with Crippen LogP contribution in [0.4, 0.5) is 0 Å². The first-order valence-electron chi connectivity index (χ1n) is 7.33. The molecule has 6 nitrogen and oxygen atoms in total. The average molecular weight is 311 g/mol. The summed E-state index contributed by atoms with van der Waals surface area (Å²) in [5.74, 6) is -1.06. The lowest BCUT2D eigenvalue weighted by Gasteiger charge is -2.18. The van der Waals surface area contributed by atoms with Crippen molar-refractivity contribution in [2.75, 3.05) is 13.1 Å². The molecule has 1 unspecified atom stereocenters. The molecule has 6 heteroatoms. The number of hydrogen-bond acceptors (Lipinski definition) is 4. The number of aromatic nitrogens is 1. The normalized spacial score (nSPS) is 21.2. The van der Waals surface area contributed by atoms with Gasteiger partial charge in [-0.15, -0.1) is 0 Å². The van der Waals surface area contributed by atoms with Gasteiger partial charge in [0.15, 0.2) is 5.60 Å². The molecule has 0 spiro atoms. The summed E-state index contributed by atoms with van der Waals surface area (Å²) in [6.45, 7) is 0.238. The fraction of sp³-hybridized carbons (Fsp3) is 0.235. The average Bonchev–Trinajstić information content (AvgIpc) is 2.96. The van der Waals surface area contributed by atoms with Gasteiger partial charge in [-0.2, -0.15) is 0 Å². The fourth-order valence-corrected chi connectivity index (χ4v) is 2.71. The molecule has 1 aliphatic rings. The number of aliphatic hydroxyl groups is 1. The van der Waals surface area contributed by atoms with Gasteiger partial charge in [-0.1, -0.05) is 18.2 Å². The molecule has 2 heterocycles. The van der Waals surface area contributed by atoms with E-state index in [1.54, 1.807) is 12.3 Å². The minimum Gasteiger partial charge on any atom is -0.378 e. The number of nitrogens with two attached hydrogens (primary N) is 1. The maximum Gasteiger partial charge on any atom is 0.251 e. The monoisotopic (exact) mass is 311 g/mol. The highest BCUT2D eigenvalue weighted by Crippen LogP contribution is 2.22. The van der Waals surface area contributed by atoms with Crippen LogP contribution >= 0.6 is 0 Å². The van der Waals surface area contributed by atoms with Gasteiger partial charge in [0.05, 0.1) is 12.1 Å². The second-order valence-corrected chi connectivity index (χ2v) is 5.66. The van der Waals surface area contributed by atoms with E-state index in [2.05, 4.69) is 4.98 Å². The molecule has 2 aromatic rings. The molecule has 1 aliphatic heterocycles. The molecule has 1 fully saturated rings. The molecule has 1 aromatic carbocycles. The number of benzene rings is 1. The molecular formula is C17H17N3O3. The zero-order valence-corrected chi connectivity index (χ0v) is 12.5. The number of carbonyl (C=O) groups excluding carboxylic acids is 2. The van der Waals surface area contributed by atoms with E-state index in [4.69, 9.17) is 5.73 Å². The van der Waals surface area contributed by atoms with Gasteiger partial charge in [-0.25, -0.2) is 0 Å². The summed E-state index contributed by atoms with van der Waals surface area (Å²) in [5, 5.41) is 11.0. The second-order valence-electron chi connectivity index (χ2n) is 5.66. The Hall–Kier alpha value is -2.73. The highest BCUT2D eigenvalue weighted by molar-refractivity contribution is 5.96. The minimum absolute atomic E-state index is 0.0669. The molecule has 0 aliphatic carbocycles. The molecule has 0 bridgehead atoms. The third kappa shape index (κ3) is 2.93. The van der Waals surface area contributed by atoms with Crippen molar-refractivity contribution in [3.8, 4) is 0 Å². The van der Waals surface area contributed by atoms with Gasteiger partial charge in [0.1, 0.15) is 0 Å². The summed E-state index contributed by atoms with van der Waals surface area (Å²) in [7, 11) is 0. The van der Waals surface area contributed by atoms with Crippen LogP contribution in [0.1, 0.15) is 12.0 Å². The predicted octanol–water partition coefficient (Wildman–Crippen LogP) is 0.697.